The van der Waals surface area contributed by atoms with Gasteiger partial charge in [0.25, 0.3) is 0 Å². The quantitative estimate of drug-likeness (QED) is 0.536. The third-order valence-corrected chi connectivity index (χ3v) is 5.20. The van der Waals surface area contributed by atoms with Gasteiger partial charge in [0.05, 0.1) is 0 Å². The van der Waals surface area contributed by atoms with Gasteiger partial charge in [-0.25, -0.2) is 0 Å². The number of carbonyl (C=O) groups excluding carboxylic acids is 1. The predicted molar refractivity (Wildman–Crippen MR) is 112 cm³/mol. The lowest BCUT2D eigenvalue weighted by Gasteiger charge is -2.22. The van der Waals surface area contributed by atoms with Crippen molar-refractivity contribution in [3.8, 4) is 5.75 Å². The molecule has 7 heteroatoms. The zero-order chi connectivity index (χ0) is 20.4. The fraction of sp³-hybridized carbons (Fsp3) is 0.400. The summed E-state index contributed by atoms with van der Waals surface area (Å²) in [7, 11) is -4.22. The predicted octanol–water partition coefficient (Wildman–Crippen LogP) is 4.34. The fourth-order valence-corrected chi connectivity index (χ4v) is 3.76. The lowest BCUT2D eigenvalue weighted by molar-refractivity contribution is 0.0992. The average molecular weight is 408 g/mol. The Labute approximate surface area is 166 Å². The van der Waals surface area contributed by atoms with E-state index in [9.17, 15) is 13.2 Å². The molecule has 0 amide bonds. The molecule has 0 aromatic heterocycles. The number of allylic oxidation sites excluding steroid dienone is 4. The van der Waals surface area contributed by atoms with Gasteiger partial charge in [-0.15, -0.1) is 0 Å². The molecule has 0 fully saturated rings. The molecular weight excluding hydrogens is 382 g/mol. The highest BCUT2D eigenvalue weighted by Gasteiger charge is 2.26. The van der Waals surface area contributed by atoms with Crippen molar-refractivity contribution < 1.29 is 17.4 Å². The molecule has 2 rings (SSSR count). The zero-order valence-corrected chi connectivity index (χ0v) is 17.6. The number of hydrogen-bond acceptors (Lipinski definition) is 5. The Hall–Kier alpha value is -1.83. The summed E-state index contributed by atoms with van der Waals surface area (Å²) < 4.78 is 28.4. The Bertz CT molecular complexity index is 926. The summed E-state index contributed by atoms with van der Waals surface area (Å²) in [4.78, 5) is 13.8. The molecule has 5 nitrogen and oxygen atoms in total. The van der Waals surface area contributed by atoms with Crippen LogP contribution in [0.2, 0.25) is 0 Å². The van der Waals surface area contributed by atoms with Gasteiger partial charge in [0.15, 0.2) is 11.5 Å². The van der Waals surface area contributed by atoms with Crippen molar-refractivity contribution in [2.24, 2.45) is 5.14 Å². The summed E-state index contributed by atoms with van der Waals surface area (Å²) >= 11 is 5.34. The van der Waals surface area contributed by atoms with Gasteiger partial charge in [-0.05, 0) is 23.0 Å². The van der Waals surface area contributed by atoms with E-state index in [-0.39, 0.29) is 29.8 Å². The number of benzene rings is 1. The fourth-order valence-electron chi connectivity index (χ4n) is 3.11. The number of nitrogens with two attached hydrogens (primary N) is 1. The molecule has 0 saturated carbocycles. The van der Waals surface area contributed by atoms with Crippen molar-refractivity contribution in [3.63, 3.8) is 0 Å². The second kappa shape index (κ2) is 8.46. The number of thiocarbonyl (C=S) groups is 1. The van der Waals surface area contributed by atoms with Gasteiger partial charge in [0.2, 0.25) is 0 Å². The lowest BCUT2D eigenvalue weighted by Crippen LogP contribution is -2.22. The lowest BCUT2D eigenvalue weighted by atomic mass is 9.86. The van der Waals surface area contributed by atoms with E-state index in [0.29, 0.717) is 23.1 Å². The van der Waals surface area contributed by atoms with Crippen LogP contribution in [0.4, 0.5) is 0 Å². The topological polar surface area (TPSA) is 86.5 Å². The first-order valence-electron chi connectivity index (χ1n) is 8.82. The maximum Gasteiger partial charge on any atom is 0.380 e. The molecule has 0 unspecified atom stereocenters. The van der Waals surface area contributed by atoms with E-state index in [0.717, 1.165) is 10.4 Å². The molecular formula is C20H25NO4S2. The molecule has 27 heavy (non-hydrogen) atoms. The van der Waals surface area contributed by atoms with Crippen LogP contribution in [-0.2, 0) is 10.3 Å². The molecule has 2 N–H and O–H groups in total. The normalized spacial score (nSPS) is 14.6. The van der Waals surface area contributed by atoms with E-state index >= 15 is 0 Å². The van der Waals surface area contributed by atoms with Crippen LogP contribution < -0.4 is 9.32 Å². The van der Waals surface area contributed by atoms with Crippen LogP contribution in [0, 0.1) is 0 Å². The molecule has 146 valence electrons. The summed E-state index contributed by atoms with van der Waals surface area (Å²) in [5.74, 6) is -0.0978. The highest BCUT2D eigenvalue weighted by atomic mass is 32.2. The van der Waals surface area contributed by atoms with E-state index in [1.807, 2.05) is 45.9 Å². The van der Waals surface area contributed by atoms with Gasteiger partial charge < -0.3 is 4.18 Å². The minimum atomic E-state index is -4.22. The van der Waals surface area contributed by atoms with E-state index in [1.165, 1.54) is 0 Å². The molecule has 0 heterocycles. The van der Waals surface area contributed by atoms with Crippen LogP contribution in [0.5, 0.6) is 5.75 Å². The Kier molecular flexibility index (Phi) is 6.72. The van der Waals surface area contributed by atoms with Crippen molar-refractivity contribution in [1.82, 2.24) is 0 Å². The largest absolute Gasteiger partial charge is 0.380 e. The number of hydrogen-bond donors (Lipinski definition) is 1. The summed E-state index contributed by atoms with van der Waals surface area (Å²) in [6, 6.07) is 3.48. The van der Waals surface area contributed by atoms with Gasteiger partial charge in [-0.3, -0.25) is 4.79 Å². The van der Waals surface area contributed by atoms with Gasteiger partial charge in [-0.2, -0.15) is 13.6 Å². The summed E-state index contributed by atoms with van der Waals surface area (Å²) in [5.41, 5.74) is 2.50. The molecule has 1 aromatic carbocycles. The number of Topliss-reactive ketones (excluding diaryl/α,β-unsaturated/α-hetero) is 1. The Morgan fingerprint density at radius 2 is 1.89 bits per heavy atom. The van der Waals surface area contributed by atoms with Gasteiger partial charge >= 0.3 is 10.3 Å². The standard InChI is InChI=1S/C20H25NO4S2/c1-12(2)15-9-10-16(17(22)11-14-7-5-6-8-18(14)26)19(13(3)4)20(15)25-27(21,23)24/h5-7,9-10,12-13H,8,11H2,1-4H3,(H2,21,23,24). The molecule has 0 radical (unpaired) electrons. The highest BCUT2D eigenvalue weighted by molar-refractivity contribution is 7.84. The van der Waals surface area contributed by atoms with Crippen molar-refractivity contribution in [2.45, 2.75) is 52.4 Å². The SMILES string of the molecule is CC(C)c1ccc(C(=O)CC2=CC=CCC2=S)c(C(C)C)c1OS(N)(=O)=O. The number of rotatable bonds is 7. The summed E-state index contributed by atoms with van der Waals surface area (Å²) in [6.07, 6.45) is 6.50. The zero-order valence-electron chi connectivity index (χ0n) is 16.0. The minimum Gasteiger partial charge on any atom is -0.370 e. The Morgan fingerprint density at radius 3 is 2.41 bits per heavy atom. The average Bonchev–Trinajstić information content (AvgIpc) is 2.54. The smallest absolute Gasteiger partial charge is 0.370 e. The van der Waals surface area contributed by atoms with Crippen LogP contribution in [0.1, 0.15) is 73.9 Å². The molecule has 1 aliphatic carbocycles. The first-order chi connectivity index (χ1) is 12.5. The van der Waals surface area contributed by atoms with Gasteiger partial charge in [-0.1, -0.05) is 70.3 Å². The van der Waals surface area contributed by atoms with E-state index < -0.39 is 10.3 Å². The van der Waals surface area contributed by atoms with Crippen LogP contribution in [0.3, 0.4) is 0 Å². The maximum absolute atomic E-state index is 13.0. The first-order valence-corrected chi connectivity index (χ1v) is 10.7. The highest BCUT2D eigenvalue weighted by Crippen LogP contribution is 2.38. The van der Waals surface area contributed by atoms with Crippen LogP contribution in [0.25, 0.3) is 0 Å². The number of ketones is 1. The van der Waals surface area contributed by atoms with E-state index in [2.05, 4.69) is 0 Å². The molecule has 0 atom stereocenters. The monoisotopic (exact) mass is 407 g/mol. The van der Waals surface area contributed by atoms with Crippen molar-refractivity contribution in [3.05, 3.63) is 52.6 Å². The first kappa shape index (κ1) is 21.5. The summed E-state index contributed by atoms with van der Waals surface area (Å²) in [5, 5.41) is 5.13. The van der Waals surface area contributed by atoms with Crippen molar-refractivity contribution in [1.29, 1.82) is 0 Å². The van der Waals surface area contributed by atoms with Crippen LogP contribution in [-0.4, -0.2) is 19.1 Å². The van der Waals surface area contributed by atoms with Crippen LogP contribution >= 0.6 is 12.2 Å². The molecule has 0 spiro atoms. The van der Waals surface area contributed by atoms with E-state index in [4.69, 9.17) is 21.5 Å². The molecule has 1 aliphatic rings. The van der Waals surface area contributed by atoms with Gasteiger partial charge in [0, 0.05) is 28.8 Å². The maximum atomic E-state index is 13.0. The molecule has 0 bridgehead atoms. The minimum absolute atomic E-state index is 0.00201. The van der Waals surface area contributed by atoms with Crippen molar-refractivity contribution in [2.75, 3.05) is 0 Å². The molecule has 0 saturated heterocycles. The Morgan fingerprint density at radius 1 is 1.22 bits per heavy atom. The molecule has 0 aliphatic heterocycles. The third kappa shape index (κ3) is 5.34. The van der Waals surface area contributed by atoms with Gasteiger partial charge in [0.1, 0.15) is 0 Å². The molecule has 1 aromatic rings. The third-order valence-electron chi connectivity index (χ3n) is 4.37. The van der Waals surface area contributed by atoms with Crippen molar-refractivity contribution >= 4 is 33.2 Å². The summed E-state index contributed by atoms with van der Waals surface area (Å²) in [6.45, 7) is 7.63. The second-order valence-electron chi connectivity index (χ2n) is 7.18. The Balaban J connectivity index is 2.57. The second-order valence-corrected chi connectivity index (χ2v) is 8.82. The van der Waals surface area contributed by atoms with Crippen LogP contribution in [0.15, 0.2) is 35.9 Å². The van der Waals surface area contributed by atoms with E-state index in [1.54, 1.807) is 12.1 Å². The number of carbonyl (C=O) groups is 1.